The molecule has 49 heavy (non-hydrogen) atoms. The normalized spacial score (nSPS) is 19.2. The summed E-state index contributed by atoms with van der Waals surface area (Å²) in [6, 6.07) is 9.69. The topological polar surface area (TPSA) is 109 Å². The van der Waals surface area contributed by atoms with Gasteiger partial charge in [0.15, 0.2) is 11.9 Å². The number of ketones is 1. The zero-order valence-corrected chi connectivity index (χ0v) is 31.5. The molecule has 1 aromatic heterocycles. The summed E-state index contributed by atoms with van der Waals surface area (Å²) in [6.07, 6.45) is 7.38. The van der Waals surface area contributed by atoms with Crippen molar-refractivity contribution < 1.29 is 23.9 Å². The fourth-order valence-electron chi connectivity index (χ4n) is 7.30. The number of thiazole rings is 1. The smallest absolute Gasteiger partial charge is 0.303 e. The molecule has 9 nitrogen and oxygen atoms in total. The van der Waals surface area contributed by atoms with Gasteiger partial charge in [0.05, 0.1) is 6.04 Å². The van der Waals surface area contributed by atoms with Crippen molar-refractivity contribution in [2.45, 2.75) is 123 Å². The number of rotatable bonds is 18. The standard InChI is InChI=1S/C39H58N4O5S/c1-25(2)19-31(21-28-13-9-8-10-14-28)40-37(46)32-24-49-38(41-32)36(48-27(5)44)23-34(26(3)4)43(7)39(47)30(20-29-16-17-29)22-35(45)33-15-11-12-18-42(33)6/h8-10,13-14,24-26,29-31,33-34,36H,11-12,15-23H2,1-7H3,(H,40,46)/t30-,31-,33-,34-,36-/m1/s1. The van der Waals surface area contributed by atoms with Gasteiger partial charge >= 0.3 is 5.97 Å². The zero-order chi connectivity index (χ0) is 35.7. The Hall–Kier alpha value is -3.11. The van der Waals surface area contributed by atoms with E-state index in [0.717, 1.165) is 63.5 Å². The summed E-state index contributed by atoms with van der Waals surface area (Å²) in [4.78, 5) is 62.1. The Morgan fingerprint density at radius 2 is 1.76 bits per heavy atom. The molecule has 2 heterocycles. The number of nitrogens with zero attached hydrogens (tertiary/aromatic N) is 3. The number of hydrogen-bond acceptors (Lipinski definition) is 8. The van der Waals surface area contributed by atoms with Gasteiger partial charge in [0, 0.05) is 50.2 Å². The lowest BCUT2D eigenvalue weighted by Gasteiger charge is -2.36. The van der Waals surface area contributed by atoms with Crippen LogP contribution < -0.4 is 5.32 Å². The van der Waals surface area contributed by atoms with Gasteiger partial charge in [0.1, 0.15) is 10.7 Å². The van der Waals surface area contributed by atoms with Crippen molar-refractivity contribution in [1.29, 1.82) is 0 Å². The van der Waals surface area contributed by atoms with Crippen molar-refractivity contribution in [3.05, 3.63) is 52.0 Å². The molecule has 0 bridgehead atoms. The fraction of sp³-hybridized carbons (Fsp3) is 0.667. The highest BCUT2D eigenvalue weighted by molar-refractivity contribution is 7.09. The predicted octanol–water partition coefficient (Wildman–Crippen LogP) is 6.87. The van der Waals surface area contributed by atoms with Gasteiger partial charge in [-0.1, -0.05) is 77.3 Å². The van der Waals surface area contributed by atoms with Gasteiger partial charge in [0.2, 0.25) is 5.91 Å². The number of nitrogens with one attached hydrogen (secondary N) is 1. The summed E-state index contributed by atoms with van der Waals surface area (Å²) < 4.78 is 5.82. The third-order valence-corrected chi connectivity index (χ3v) is 11.0. The SMILES string of the molecule is CC(=O)O[C@H](C[C@H](C(C)C)N(C)C(=O)[C@@H](CC(=O)[C@H]1CCCCN1C)CC1CC1)c1nc(C(=O)N[C@@H](Cc2ccccc2)CC(C)C)cs1. The number of esters is 1. The first-order valence-electron chi connectivity index (χ1n) is 18.3. The molecule has 2 aliphatic rings. The quantitative estimate of drug-likeness (QED) is 0.170. The van der Waals surface area contributed by atoms with Gasteiger partial charge in [-0.05, 0) is 69.0 Å². The number of ether oxygens (including phenoxy) is 1. The predicted molar refractivity (Wildman–Crippen MR) is 194 cm³/mol. The number of benzene rings is 1. The molecule has 1 saturated heterocycles. The van der Waals surface area contributed by atoms with Gasteiger partial charge in [-0.3, -0.25) is 24.1 Å². The molecule has 1 N–H and O–H groups in total. The third kappa shape index (κ3) is 11.7. The van der Waals surface area contributed by atoms with Crippen LogP contribution in [0.1, 0.15) is 120 Å². The highest BCUT2D eigenvalue weighted by Crippen LogP contribution is 2.38. The molecule has 10 heteroatoms. The number of Topliss-reactive ketones (excluding diaryl/α,β-unsaturated/α-hetero) is 1. The molecular formula is C39H58N4O5S. The van der Waals surface area contributed by atoms with Crippen LogP contribution in [0.15, 0.2) is 35.7 Å². The van der Waals surface area contributed by atoms with Crippen molar-refractivity contribution in [3.63, 3.8) is 0 Å². The summed E-state index contributed by atoms with van der Waals surface area (Å²) in [5.41, 5.74) is 1.45. The first kappa shape index (κ1) is 38.7. The third-order valence-electron chi connectivity index (χ3n) is 10.1. The lowest BCUT2D eigenvalue weighted by atomic mass is 9.88. The molecule has 0 spiro atoms. The first-order chi connectivity index (χ1) is 23.3. The maximum absolute atomic E-state index is 14.2. The molecule has 0 unspecified atom stereocenters. The van der Waals surface area contributed by atoms with Crippen LogP contribution in [0.4, 0.5) is 0 Å². The van der Waals surface area contributed by atoms with Crippen LogP contribution in [0.5, 0.6) is 0 Å². The number of carbonyl (C=O) groups excluding carboxylic acids is 4. The molecule has 0 radical (unpaired) electrons. The van der Waals surface area contributed by atoms with Crippen molar-refractivity contribution in [3.8, 4) is 0 Å². The van der Waals surface area contributed by atoms with Crippen LogP contribution in [0.2, 0.25) is 0 Å². The van der Waals surface area contributed by atoms with Gasteiger partial charge in [0.25, 0.3) is 5.91 Å². The van der Waals surface area contributed by atoms with Gasteiger partial charge in [-0.2, -0.15) is 0 Å². The number of aromatic nitrogens is 1. The summed E-state index contributed by atoms with van der Waals surface area (Å²) in [6.45, 7) is 10.7. The second kappa shape index (κ2) is 18.2. The molecule has 1 saturated carbocycles. The molecule has 2 aromatic rings. The van der Waals surface area contributed by atoms with E-state index in [1.807, 2.05) is 32.3 Å². The van der Waals surface area contributed by atoms with E-state index in [1.54, 1.807) is 10.3 Å². The lowest BCUT2D eigenvalue weighted by molar-refractivity contribution is -0.149. The molecular weight excluding hydrogens is 637 g/mol. The van der Waals surface area contributed by atoms with E-state index in [2.05, 4.69) is 55.0 Å². The second-order valence-corrected chi connectivity index (χ2v) is 16.1. The van der Waals surface area contributed by atoms with Gasteiger partial charge < -0.3 is 15.0 Å². The van der Waals surface area contributed by atoms with E-state index >= 15 is 0 Å². The fourth-order valence-corrected chi connectivity index (χ4v) is 8.14. The maximum atomic E-state index is 14.2. The summed E-state index contributed by atoms with van der Waals surface area (Å²) in [5.74, 6) is 0.0277. The van der Waals surface area contributed by atoms with E-state index in [9.17, 15) is 19.2 Å². The van der Waals surface area contributed by atoms with E-state index in [-0.39, 0.29) is 54.0 Å². The van der Waals surface area contributed by atoms with E-state index in [4.69, 9.17) is 4.74 Å². The molecule has 1 aromatic carbocycles. The van der Waals surface area contributed by atoms with E-state index in [0.29, 0.717) is 29.0 Å². The second-order valence-electron chi connectivity index (χ2n) is 15.2. The number of piperidine rings is 1. The summed E-state index contributed by atoms with van der Waals surface area (Å²) in [5, 5.41) is 5.43. The average Bonchev–Trinajstić information content (AvgIpc) is 3.72. The summed E-state index contributed by atoms with van der Waals surface area (Å²) in [7, 11) is 3.83. The van der Waals surface area contributed by atoms with Gasteiger partial charge in [-0.25, -0.2) is 4.98 Å². The van der Waals surface area contributed by atoms with Crippen LogP contribution in [0, 0.1) is 23.7 Å². The number of likely N-dealkylation sites (tertiary alicyclic amines) is 1. The summed E-state index contributed by atoms with van der Waals surface area (Å²) >= 11 is 1.29. The van der Waals surface area contributed by atoms with Gasteiger partial charge in [-0.15, -0.1) is 11.3 Å². The van der Waals surface area contributed by atoms with E-state index < -0.39 is 12.1 Å². The maximum Gasteiger partial charge on any atom is 0.303 e. The molecule has 4 rings (SSSR count). The number of likely N-dealkylation sites (N-methyl/N-ethyl adjacent to an activating group) is 1. The van der Waals surface area contributed by atoms with Crippen LogP contribution in [0.3, 0.4) is 0 Å². The molecule has 5 atom stereocenters. The van der Waals surface area contributed by atoms with Crippen molar-refractivity contribution in [1.82, 2.24) is 20.1 Å². The van der Waals surface area contributed by atoms with Crippen LogP contribution in [-0.4, -0.2) is 77.1 Å². The Balaban J connectivity index is 1.48. The van der Waals surface area contributed by atoms with Crippen molar-refractivity contribution in [2.24, 2.45) is 23.7 Å². The zero-order valence-electron chi connectivity index (χ0n) is 30.7. The Kier molecular flexibility index (Phi) is 14.4. The number of hydrogen-bond donors (Lipinski definition) is 1. The minimum Gasteiger partial charge on any atom is -0.455 e. The molecule has 2 fully saturated rings. The minimum absolute atomic E-state index is 0.0206. The highest BCUT2D eigenvalue weighted by atomic mass is 32.1. The lowest BCUT2D eigenvalue weighted by Crippen LogP contribution is -2.47. The largest absolute Gasteiger partial charge is 0.455 e. The number of amides is 2. The van der Waals surface area contributed by atoms with Crippen LogP contribution >= 0.6 is 11.3 Å². The number of carbonyl (C=O) groups is 4. The molecule has 1 aliphatic heterocycles. The van der Waals surface area contributed by atoms with Crippen LogP contribution in [-0.2, 0) is 25.5 Å². The molecule has 2 amide bonds. The Morgan fingerprint density at radius 3 is 2.37 bits per heavy atom. The Bertz CT molecular complexity index is 1390. The minimum atomic E-state index is -0.720. The molecule has 270 valence electrons. The average molecular weight is 695 g/mol. The monoisotopic (exact) mass is 694 g/mol. The Morgan fingerprint density at radius 1 is 1.04 bits per heavy atom. The Labute approximate surface area is 297 Å². The van der Waals surface area contributed by atoms with E-state index in [1.165, 1.54) is 18.3 Å². The molecule has 1 aliphatic carbocycles. The van der Waals surface area contributed by atoms with Crippen molar-refractivity contribution in [2.75, 3.05) is 20.6 Å². The first-order valence-corrected chi connectivity index (χ1v) is 19.2. The van der Waals surface area contributed by atoms with Crippen molar-refractivity contribution >= 4 is 34.9 Å². The highest BCUT2D eigenvalue weighted by Gasteiger charge is 2.38. The van der Waals surface area contributed by atoms with Crippen LogP contribution in [0.25, 0.3) is 0 Å².